The van der Waals surface area contributed by atoms with Crippen molar-refractivity contribution in [3.8, 4) is 5.88 Å². The van der Waals surface area contributed by atoms with Gasteiger partial charge in [0.1, 0.15) is 5.82 Å². The second kappa shape index (κ2) is 7.19. The van der Waals surface area contributed by atoms with E-state index in [0.717, 1.165) is 18.7 Å². The van der Waals surface area contributed by atoms with Gasteiger partial charge in [-0.1, -0.05) is 13.8 Å². The molecule has 5 heteroatoms. The standard InChI is InChI=1S/C14H25N3O2/c1-4-14(5-2,10-18)9-16-12-8-7-11(15)13(17-12)19-6-3/h7-8,18H,4-6,9-10,15H2,1-3H3,(H,16,17). The van der Waals surface area contributed by atoms with E-state index in [1.165, 1.54) is 0 Å². The number of rotatable bonds is 8. The van der Waals surface area contributed by atoms with E-state index in [1.54, 1.807) is 6.07 Å². The summed E-state index contributed by atoms with van der Waals surface area (Å²) in [5, 5.41) is 12.8. The van der Waals surface area contributed by atoms with Gasteiger partial charge in [0.05, 0.1) is 18.9 Å². The third-order valence-corrected chi connectivity index (χ3v) is 3.65. The zero-order chi connectivity index (χ0) is 14.3. The van der Waals surface area contributed by atoms with Crippen LogP contribution in [-0.2, 0) is 0 Å². The smallest absolute Gasteiger partial charge is 0.239 e. The number of hydrogen-bond acceptors (Lipinski definition) is 5. The van der Waals surface area contributed by atoms with E-state index in [9.17, 15) is 5.11 Å². The molecule has 4 N–H and O–H groups in total. The Labute approximate surface area is 115 Å². The molecule has 0 aromatic carbocycles. The van der Waals surface area contributed by atoms with Gasteiger partial charge in [0, 0.05) is 12.0 Å². The Bertz CT molecular complexity index is 384. The number of aliphatic hydroxyl groups is 1. The molecular weight excluding hydrogens is 242 g/mol. The first kappa shape index (κ1) is 15.6. The van der Waals surface area contributed by atoms with E-state index in [0.29, 0.717) is 24.7 Å². The summed E-state index contributed by atoms with van der Waals surface area (Å²) in [6, 6.07) is 3.60. The Hall–Kier alpha value is -1.49. The summed E-state index contributed by atoms with van der Waals surface area (Å²) in [6.45, 7) is 7.45. The van der Waals surface area contributed by atoms with Gasteiger partial charge in [0.25, 0.3) is 0 Å². The number of aliphatic hydroxyl groups excluding tert-OH is 1. The van der Waals surface area contributed by atoms with Crippen LogP contribution in [0.15, 0.2) is 12.1 Å². The van der Waals surface area contributed by atoms with E-state index in [4.69, 9.17) is 10.5 Å². The molecule has 0 amide bonds. The number of aromatic nitrogens is 1. The molecule has 1 aromatic heterocycles. The molecule has 0 bridgehead atoms. The molecule has 1 heterocycles. The molecule has 0 saturated carbocycles. The largest absolute Gasteiger partial charge is 0.476 e. The molecule has 0 aliphatic carbocycles. The van der Waals surface area contributed by atoms with Crippen molar-refractivity contribution >= 4 is 11.5 Å². The van der Waals surface area contributed by atoms with E-state index < -0.39 is 0 Å². The van der Waals surface area contributed by atoms with E-state index in [1.807, 2.05) is 13.0 Å². The fraction of sp³-hybridized carbons (Fsp3) is 0.643. The predicted molar refractivity (Wildman–Crippen MR) is 78.4 cm³/mol. The maximum atomic E-state index is 9.53. The number of nitrogen functional groups attached to an aromatic ring is 1. The monoisotopic (exact) mass is 267 g/mol. The summed E-state index contributed by atoms with van der Waals surface area (Å²) >= 11 is 0. The van der Waals surface area contributed by atoms with Crippen molar-refractivity contribution in [1.29, 1.82) is 0 Å². The summed E-state index contributed by atoms with van der Waals surface area (Å²) in [7, 11) is 0. The van der Waals surface area contributed by atoms with Crippen molar-refractivity contribution in [2.75, 3.05) is 30.8 Å². The summed E-state index contributed by atoms with van der Waals surface area (Å²) in [5.41, 5.74) is 6.21. The molecule has 0 saturated heterocycles. The normalized spacial score (nSPS) is 11.4. The van der Waals surface area contributed by atoms with Crippen molar-refractivity contribution < 1.29 is 9.84 Å². The summed E-state index contributed by atoms with van der Waals surface area (Å²) in [4.78, 5) is 4.33. The quantitative estimate of drug-likeness (QED) is 0.673. The number of hydrogen-bond donors (Lipinski definition) is 3. The summed E-state index contributed by atoms with van der Waals surface area (Å²) in [5.74, 6) is 1.17. The predicted octanol–water partition coefficient (Wildman–Crippen LogP) is 2.27. The van der Waals surface area contributed by atoms with Gasteiger partial charge in [0.15, 0.2) is 0 Å². The topological polar surface area (TPSA) is 80.4 Å². The van der Waals surface area contributed by atoms with Crippen molar-refractivity contribution in [2.45, 2.75) is 33.6 Å². The highest BCUT2D eigenvalue weighted by molar-refractivity contribution is 5.53. The molecule has 0 spiro atoms. The van der Waals surface area contributed by atoms with Gasteiger partial charge in [-0.25, -0.2) is 0 Å². The molecule has 0 fully saturated rings. The van der Waals surface area contributed by atoms with E-state index in [2.05, 4.69) is 24.1 Å². The van der Waals surface area contributed by atoms with Gasteiger partial charge in [-0.05, 0) is 31.9 Å². The summed E-state index contributed by atoms with van der Waals surface area (Å²) < 4.78 is 5.36. The van der Waals surface area contributed by atoms with Gasteiger partial charge in [0.2, 0.25) is 5.88 Å². The van der Waals surface area contributed by atoms with Crippen molar-refractivity contribution in [3.05, 3.63) is 12.1 Å². The van der Waals surface area contributed by atoms with Crippen LogP contribution >= 0.6 is 0 Å². The maximum absolute atomic E-state index is 9.53. The molecule has 0 aliphatic rings. The second-order valence-electron chi connectivity index (χ2n) is 4.74. The molecule has 1 rings (SSSR count). The lowest BCUT2D eigenvalue weighted by Gasteiger charge is -2.29. The van der Waals surface area contributed by atoms with Crippen LogP contribution in [0.3, 0.4) is 0 Å². The molecular formula is C14H25N3O2. The molecule has 0 unspecified atom stereocenters. The zero-order valence-electron chi connectivity index (χ0n) is 12.1. The fourth-order valence-corrected chi connectivity index (χ4v) is 1.86. The third kappa shape index (κ3) is 3.99. The SMILES string of the molecule is CCOc1nc(NCC(CC)(CC)CO)ccc1N. The zero-order valence-corrected chi connectivity index (χ0v) is 12.1. The first-order valence-electron chi connectivity index (χ1n) is 6.84. The second-order valence-corrected chi connectivity index (χ2v) is 4.74. The number of anilines is 2. The number of nitrogens with two attached hydrogens (primary N) is 1. The number of nitrogens with zero attached hydrogens (tertiary/aromatic N) is 1. The highest BCUT2D eigenvalue weighted by atomic mass is 16.5. The lowest BCUT2D eigenvalue weighted by atomic mass is 9.83. The van der Waals surface area contributed by atoms with Crippen molar-refractivity contribution in [3.63, 3.8) is 0 Å². The van der Waals surface area contributed by atoms with Crippen LogP contribution in [0.4, 0.5) is 11.5 Å². The van der Waals surface area contributed by atoms with Crippen LogP contribution in [0, 0.1) is 5.41 Å². The molecule has 1 aromatic rings. The Morgan fingerprint density at radius 3 is 2.53 bits per heavy atom. The number of ether oxygens (including phenoxy) is 1. The fourth-order valence-electron chi connectivity index (χ4n) is 1.86. The minimum atomic E-state index is -0.102. The molecule has 0 aliphatic heterocycles. The van der Waals surface area contributed by atoms with Gasteiger partial charge < -0.3 is 20.9 Å². The number of nitrogens with one attached hydrogen (secondary N) is 1. The molecule has 5 nitrogen and oxygen atoms in total. The average molecular weight is 267 g/mol. The molecule has 108 valence electrons. The third-order valence-electron chi connectivity index (χ3n) is 3.65. The Balaban J connectivity index is 2.74. The van der Waals surface area contributed by atoms with Crippen LogP contribution in [-0.4, -0.2) is 29.8 Å². The van der Waals surface area contributed by atoms with Crippen LogP contribution in [0.1, 0.15) is 33.6 Å². The Morgan fingerprint density at radius 1 is 1.32 bits per heavy atom. The van der Waals surface area contributed by atoms with Gasteiger partial charge in [-0.3, -0.25) is 0 Å². The van der Waals surface area contributed by atoms with Crippen LogP contribution in [0.2, 0.25) is 0 Å². The number of pyridine rings is 1. The molecule has 0 atom stereocenters. The Morgan fingerprint density at radius 2 is 2.00 bits per heavy atom. The minimum absolute atomic E-state index is 0.102. The highest BCUT2D eigenvalue weighted by Crippen LogP contribution is 2.27. The minimum Gasteiger partial charge on any atom is -0.476 e. The van der Waals surface area contributed by atoms with Crippen LogP contribution in [0.5, 0.6) is 5.88 Å². The van der Waals surface area contributed by atoms with Crippen LogP contribution < -0.4 is 15.8 Å². The van der Waals surface area contributed by atoms with Crippen molar-refractivity contribution in [2.24, 2.45) is 5.41 Å². The summed E-state index contributed by atoms with van der Waals surface area (Å²) in [6.07, 6.45) is 1.83. The molecule has 19 heavy (non-hydrogen) atoms. The first-order chi connectivity index (χ1) is 9.10. The molecule has 0 radical (unpaired) electrons. The van der Waals surface area contributed by atoms with Gasteiger partial charge in [-0.15, -0.1) is 0 Å². The van der Waals surface area contributed by atoms with E-state index >= 15 is 0 Å². The highest BCUT2D eigenvalue weighted by Gasteiger charge is 2.25. The average Bonchev–Trinajstić information content (AvgIpc) is 2.44. The maximum Gasteiger partial charge on any atom is 0.239 e. The van der Waals surface area contributed by atoms with Crippen molar-refractivity contribution in [1.82, 2.24) is 4.98 Å². The van der Waals surface area contributed by atoms with Crippen LogP contribution in [0.25, 0.3) is 0 Å². The van der Waals surface area contributed by atoms with Gasteiger partial charge in [-0.2, -0.15) is 4.98 Å². The Kier molecular flexibility index (Phi) is 5.89. The lowest BCUT2D eigenvalue weighted by Crippen LogP contribution is -2.32. The lowest BCUT2D eigenvalue weighted by molar-refractivity contribution is 0.127. The van der Waals surface area contributed by atoms with E-state index in [-0.39, 0.29) is 12.0 Å². The first-order valence-corrected chi connectivity index (χ1v) is 6.84. The van der Waals surface area contributed by atoms with Gasteiger partial charge >= 0.3 is 0 Å².